The van der Waals surface area contributed by atoms with E-state index in [1.54, 1.807) is 0 Å². The minimum atomic E-state index is 0.558. The lowest BCUT2D eigenvalue weighted by Gasteiger charge is -2.19. The van der Waals surface area contributed by atoms with E-state index in [1.165, 1.54) is 27.8 Å². The van der Waals surface area contributed by atoms with E-state index in [-0.39, 0.29) is 0 Å². The summed E-state index contributed by atoms with van der Waals surface area (Å²) in [6.45, 7) is 0. The average molecular weight is 389 g/mol. The number of rotatable bonds is 4. The summed E-state index contributed by atoms with van der Waals surface area (Å²) in [6, 6.07) is 31.7. The van der Waals surface area contributed by atoms with Crippen molar-refractivity contribution in [3.63, 3.8) is 0 Å². The van der Waals surface area contributed by atoms with Gasteiger partial charge in [0.15, 0.2) is 0 Å². The lowest BCUT2D eigenvalue weighted by atomic mass is 9.89. The summed E-state index contributed by atoms with van der Waals surface area (Å²) in [7, 11) is 4.09. The van der Waals surface area contributed by atoms with Gasteiger partial charge in [0.05, 0.1) is 5.71 Å². The van der Waals surface area contributed by atoms with Crippen LogP contribution in [-0.2, 0) is 6.42 Å². The van der Waals surface area contributed by atoms with Crippen molar-refractivity contribution in [2.75, 3.05) is 19.0 Å². The van der Waals surface area contributed by atoms with Gasteiger partial charge in [-0.15, -0.1) is 0 Å². The third-order valence-corrected chi connectivity index (χ3v) is 5.99. The second-order valence-electron chi connectivity index (χ2n) is 8.03. The molecule has 146 valence electrons. The van der Waals surface area contributed by atoms with Crippen LogP contribution in [-0.4, -0.2) is 19.8 Å². The first-order chi connectivity index (χ1) is 14.6. The Bertz CT molecular complexity index is 1250. The highest BCUT2D eigenvalue weighted by Gasteiger charge is 2.23. The molecule has 0 spiro atoms. The zero-order valence-electron chi connectivity index (χ0n) is 17.3. The molecule has 0 saturated carbocycles. The van der Waals surface area contributed by atoms with Crippen molar-refractivity contribution in [3.05, 3.63) is 113 Å². The molecule has 4 aromatic carbocycles. The van der Waals surface area contributed by atoms with Crippen LogP contribution in [0.4, 0.5) is 5.69 Å². The van der Waals surface area contributed by atoms with E-state index < -0.39 is 0 Å². The molecule has 0 fully saturated rings. The van der Waals surface area contributed by atoms with Crippen molar-refractivity contribution < 1.29 is 0 Å². The number of benzene rings is 4. The van der Waals surface area contributed by atoms with E-state index in [9.17, 15) is 0 Å². The molecular formula is C28H24N2. The number of anilines is 1. The summed E-state index contributed by atoms with van der Waals surface area (Å²) in [6.07, 6.45) is 0.940. The minimum absolute atomic E-state index is 0.558. The van der Waals surface area contributed by atoms with Crippen LogP contribution in [0.2, 0.25) is 0 Å². The van der Waals surface area contributed by atoms with Gasteiger partial charge >= 0.3 is 0 Å². The summed E-state index contributed by atoms with van der Waals surface area (Å²) in [5.41, 5.74) is 11.3. The molecule has 0 atom stereocenters. The van der Waals surface area contributed by atoms with Crippen LogP contribution in [0.25, 0.3) is 22.3 Å². The van der Waals surface area contributed by atoms with Crippen molar-refractivity contribution in [2.24, 2.45) is 0 Å². The first-order valence-electron chi connectivity index (χ1n) is 10.3. The molecule has 5 rings (SSSR count). The van der Waals surface area contributed by atoms with E-state index >= 15 is 0 Å². The Labute approximate surface area is 178 Å². The third-order valence-electron chi connectivity index (χ3n) is 5.99. The van der Waals surface area contributed by atoms with Crippen LogP contribution < -0.4 is 4.90 Å². The van der Waals surface area contributed by atoms with Gasteiger partial charge in [0.2, 0.25) is 0 Å². The maximum absolute atomic E-state index is 9.01. The Morgan fingerprint density at radius 3 is 2.13 bits per heavy atom. The predicted octanol–water partition coefficient (Wildman–Crippen LogP) is 6.41. The highest BCUT2D eigenvalue weighted by Crippen LogP contribution is 2.42. The normalized spacial score (nSPS) is 11.7. The molecule has 0 aliphatic heterocycles. The fourth-order valence-corrected chi connectivity index (χ4v) is 4.42. The molecule has 1 aliphatic rings. The summed E-state index contributed by atoms with van der Waals surface area (Å²) in [4.78, 5) is 2.09. The van der Waals surface area contributed by atoms with E-state index in [0.29, 0.717) is 5.71 Å². The molecular weight excluding hydrogens is 364 g/mol. The Kier molecular flexibility index (Phi) is 4.48. The molecule has 1 aliphatic carbocycles. The van der Waals surface area contributed by atoms with E-state index in [1.807, 2.05) is 44.4 Å². The van der Waals surface area contributed by atoms with Gasteiger partial charge < -0.3 is 4.90 Å². The van der Waals surface area contributed by atoms with Gasteiger partial charge in [-0.1, -0.05) is 78.9 Å². The van der Waals surface area contributed by atoms with Crippen LogP contribution in [0.15, 0.2) is 91.0 Å². The first-order valence-corrected chi connectivity index (χ1v) is 10.3. The van der Waals surface area contributed by atoms with Crippen molar-refractivity contribution in [3.8, 4) is 22.3 Å². The molecule has 0 saturated heterocycles. The number of fused-ring (bicyclic) bond motifs is 3. The van der Waals surface area contributed by atoms with Gasteiger partial charge in [-0.2, -0.15) is 0 Å². The van der Waals surface area contributed by atoms with E-state index in [4.69, 9.17) is 5.41 Å². The average Bonchev–Trinajstić information content (AvgIpc) is 3.17. The Hall–Kier alpha value is -3.65. The molecule has 0 aromatic heterocycles. The van der Waals surface area contributed by atoms with Gasteiger partial charge in [-0.05, 0) is 51.9 Å². The SMILES string of the molecule is CN(C)c1ccc(-c2cccc3c2Cc2ccccc2-3)c(C(=N)c2ccccc2)c1. The molecule has 2 heteroatoms. The molecule has 30 heavy (non-hydrogen) atoms. The second kappa shape index (κ2) is 7.31. The van der Waals surface area contributed by atoms with Crippen molar-refractivity contribution in [2.45, 2.75) is 6.42 Å². The zero-order valence-corrected chi connectivity index (χ0v) is 17.3. The molecule has 4 aromatic rings. The van der Waals surface area contributed by atoms with Gasteiger partial charge in [0.25, 0.3) is 0 Å². The van der Waals surface area contributed by atoms with E-state index in [2.05, 4.69) is 65.6 Å². The Morgan fingerprint density at radius 1 is 0.700 bits per heavy atom. The molecule has 0 radical (unpaired) electrons. The largest absolute Gasteiger partial charge is 0.378 e. The fourth-order valence-electron chi connectivity index (χ4n) is 4.42. The second-order valence-corrected chi connectivity index (χ2v) is 8.03. The van der Waals surface area contributed by atoms with Crippen LogP contribution in [0.1, 0.15) is 22.3 Å². The summed E-state index contributed by atoms with van der Waals surface area (Å²) >= 11 is 0. The molecule has 0 bridgehead atoms. The molecule has 0 heterocycles. The number of nitrogens with zero attached hydrogens (tertiary/aromatic N) is 1. The number of nitrogens with one attached hydrogen (secondary N) is 1. The van der Waals surface area contributed by atoms with Crippen LogP contribution in [0.3, 0.4) is 0 Å². The van der Waals surface area contributed by atoms with Crippen molar-refractivity contribution >= 4 is 11.4 Å². The fraction of sp³-hybridized carbons (Fsp3) is 0.107. The maximum atomic E-state index is 9.01. The molecule has 2 nitrogen and oxygen atoms in total. The summed E-state index contributed by atoms with van der Waals surface area (Å²) in [5.74, 6) is 0. The van der Waals surface area contributed by atoms with Crippen molar-refractivity contribution in [1.82, 2.24) is 0 Å². The highest BCUT2D eigenvalue weighted by molar-refractivity contribution is 6.15. The standard InChI is InChI=1S/C28H24N2/c1-30(2)21-15-16-25(27(18-21)28(29)19-9-4-3-5-10-19)24-14-8-13-23-22-12-7-6-11-20(22)17-26(23)24/h3-16,18,29H,17H2,1-2H3. The van der Waals surface area contributed by atoms with Crippen LogP contribution in [0.5, 0.6) is 0 Å². The monoisotopic (exact) mass is 388 g/mol. The Balaban J connectivity index is 1.70. The highest BCUT2D eigenvalue weighted by atomic mass is 15.1. The van der Waals surface area contributed by atoms with Gasteiger partial charge in [0.1, 0.15) is 0 Å². The number of hydrogen-bond acceptors (Lipinski definition) is 2. The van der Waals surface area contributed by atoms with Crippen LogP contribution >= 0.6 is 0 Å². The lowest BCUT2D eigenvalue weighted by Crippen LogP contribution is -2.11. The smallest absolute Gasteiger partial charge is 0.0691 e. The zero-order chi connectivity index (χ0) is 20.7. The minimum Gasteiger partial charge on any atom is -0.378 e. The lowest BCUT2D eigenvalue weighted by molar-refractivity contribution is 1.13. The molecule has 0 amide bonds. The van der Waals surface area contributed by atoms with Gasteiger partial charge in [-0.25, -0.2) is 0 Å². The predicted molar refractivity (Wildman–Crippen MR) is 127 cm³/mol. The van der Waals surface area contributed by atoms with Gasteiger partial charge in [-0.3, -0.25) is 5.41 Å². The van der Waals surface area contributed by atoms with Gasteiger partial charge in [0, 0.05) is 30.9 Å². The topological polar surface area (TPSA) is 27.1 Å². The molecule has 0 unspecified atom stereocenters. The Morgan fingerprint density at radius 2 is 1.37 bits per heavy atom. The van der Waals surface area contributed by atoms with E-state index in [0.717, 1.165) is 28.8 Å². The summed E-state index contributed by atoms with van der Waals surface area (Å²) < 4.78 is 0. The quantitative estimate of drug-likeness (QED) is 0.354. The first kappa shape index (κ1) is 18.4. The maximum Gasteiger partial charge on any atom is 0.0691 e. The van der Waals surface area contributed by atoms with Crippen molar-refractivity contribution in [1.29, 1.82) is 5.41 Å². The molecule has 1 N–H and O–H groups in total. The third kappa shape index (κ3) is 3.02. The number of hydrogen-bond donors (Lipinski definition) is 1. The van der Waals surface area contributed by atoms with Crippen LogP contribution in [0, 0.1) is 5.41 Å². The summed E-state index contributed by atoms with van der Waals surface area (Å²) in [5, 5.41) is 9.01.